The Morgan fingerprint density at radius 3 is 2.03 bits per heavy atom. The van der Waals surface area contributed by atoms with Crippen molar-refractivity contribution in [2.45, 2.75) is 39.2 Å². The number of carbonyl (C=O) groups excluding carboxylic acids is 3. The minimum atomic E-state index is -0.0276. The van der Waals surface area contributed by atoms with Crippen LogP contribution in [0.2, 0.25) is 0 Å². The summed E-state index contributed by atoms with van der Waals surface area (Å²) in [7, 11) is 3.47. The highest BCUT2D eigenvalue weighted by atomic mass is 16.2. The summed E-state index contributed by atoms with van der Waals surface area (Å²) < 4.78 is 0. The van der Waals surface area contributed by atoms with Crippen LogP contribution in [0.4, 0.5) is 4.79 Å². The normalized spacial score (nSPS) is 17.2. The Kier molecular flexibility index (Phi) is 7.34. The van der Waals surface area contributed by atoms with Gasteiger partial charge < -0.3 is 19.6 Å². The number of piperidine rings is 1. The summed E-state index contributed by atoms with van der Waals surface area (Å²) in [5.41, 5.74) is 1.66. The molecule has 0 radical (unpaired) electrons. The molecule has 4 amide bonds. The molecule has 0 aliphatic carbocycles. The summed E-state index contributed by atoms with van der Waals surface area (Å²) in [4.78, 5) is 45.0. The second-order valence-corrected chi connectivity index (χ2v) is 8.49. The number of rotatable bonds is 5. The lowest BCUT2D eigenvalue weighted by atomic mass is 9.95. The summed E-state index contributed by atoms with van der Waals surface area (Å²) in [6.45, 7) is 6.21. The van der Waals surface area contributed by atoms with E-state index in [2.05, 4.69) is 0 Å². The molecule has 1 aromatic carbocycles. The number of urea groups is 1. The van der Waals surface area contributed by atoms with Gasteiger partial charge in [-0.1, -0.05) is 12.1 Å². The first-order valence-electron chi connectivity index (χ1n) is 11.0. The molecule has 2 fully saturated rings. The Hall–Kier alpha value is -2.57. The Balaban J connectivity index is 1.53. The molecular weight excluding hydrogens is 380 g/mol. The van der Waals surface area contributed by atoms with Crippen molar-refractivity contribution in [3.05, 3.63) is 35.4 Å². The Morgan fingerprint density at radius 1 is 0.933 bits per heavy atom. The fraction of sp³-hybridized carbons (Fsp3) is 0.609. The van der Waals surface area contributed by atoms with Crippen molar-refractivity contribution < 1.29 is 14.4 Å². The van der Waals surface area contributed by atoms with E-state index in [-0.39, 0.29) is 23.8 Å². The number of hydrogen-bond acceptors (Lipinski definition) is 3. The molecule has 2 heterocycles. The first-order chi connectivity index (χ1) is 14.4. The van der Waals surface area contributed by atoms with Crippen LogP contribution in [0, 0.1) is 5.92 Å². The van der Waals surface area contributed by atoms with E-state index in [1.54, 1.807) is 19.0 Å². The van der Waals surface area contributed by atoms with Crippen molar-refractivity contribution >= 4 is 17.8 Å². The topological polar surface area (TPSA) is 64.2 Å². The van der Waals surface area contributed by atoms with Gasteiger partial charge in [-0.15, -0.1) is 0 Å². The van der Waals surface area contributed by atoms with Gasteiger partial charge in [0.1, 0.15) is 0 Å². The van der Waals surface area contributed by atoms with Crippen LogP contribution in [0.25, 0.3) is 0 Å². The smallest absolute Gasteiger partial charge is 0.319 e. The Morgan fingerprint density at radius 2 is 1.50 bits per heavy atom. The molecule has 0 aromatic heterocycles. The molecule has 0 unspecified atom stereocenters. The van der Waals surface area contributed by atoms with E-state index < -0.39 is 0 Å². The first-order valence-corrected chi connectivity index (χ1v) is 11.0. The molecule has 0 spiro atoms. The van der Waals surface area contributed by atoms with E-state index in [0.29, 0.717) is 31.7 Å². The second-order valence-electron chi connectivity index (χ2n) is 8.49. The highest BCUT2D eigenvalue weighted by molar-refractivity contribution is 5.93. The second kappa shape index (κ2) is 9.96. The molecule has 1 aromatic rings. The zero-order valence-corrected chi connectivity index (χ0v) is 18.5. The SMILES string of the molecule is CCN(Cc1ccc(C(=O)N(C)C)cc1)C(=O)C1CCN(C(=O)N2CCCC2)CC1. The zero-order chi connectivity index (χ0) is 21.7. The molecule has 7 heteroatoms. The third-order valence-corrected chi connectivity index (χ3v) is 6.17. The van der Waals surface area contributed by atoms with Crippen LogP contribution >= 0.6 is 0 Å². The number of hydrogen-bond donors (Lipinski definition) is 0. The summed E-state index contributed by atoms with van der Waals surface area (Å²) in [6.07, 6.45) is 3.64. The van der Waals surface area contributed by atoms with Gasteiger partial charge in [0.05, 0.1) is 0 Å². The quantitative estimate of drug-likeness (QED) is 0.744. The largest absolute Gasteiger partial charge is 0.345 e. The molecule has 0 saturated carbocycles. The summed E-state index contributed by atoms with van der Waals surface area (Å²) in [6, 6.07) is 7.61. The third-order valence-electron chi connectivity index (χ3n) is 6.17. The minimum absolute atomic E-state index is 0.0258. The standard InChI is InChI=1S/C23H34N4O3/c1-4-25(17-18-7-9-19(10-8-18)21(28)24(2)3)22(29)20-11-15-27(16-12-20)23(30)26-13-5-6-14-26/h7-10,20H,4-6,11-17H2,1-3H3. The molecule has 30 heavy (non-hydrogen) atoms. The van der Waals surface area contributed by atoms with Crippen molar-refractivity contribution in [1.82, 2.24) is 19.6 Å². The minimum Gasteiger partial charge on any atom is -0.345 e. The number of amides is 4. The molecule has 0 bridgehead atoms. The van der Waals surface area contributed by atoms with Crippen LogP contribution in [0.15, 0.2) is 24.3 Å². The van der Waals surface area contributed by atoms with E-state index in [4.69, 9.17) is 0 Å². The molecule has 0 N–H and O–H groups in total. The maximum Gasteiger partial charge on any atom is 0.319 e. The van der Waals surface area contributed by atoms with E-state index in [1.165, 1.54) is 0 Å². The van der Waals surface area contributed by atoms with Crippen LogP contribution in [0.3, 0.4) is 0 Å². The van der Waals surface area contributed by atoms with E-state index in [1.807, 2.05) is 45.9 Å². The van der Waals surface area contributed by atoms with Crippen LogP contribution < -0.4 is 0 Å². The number of nitrogens with zero attached hydrogens (tertiary/aromatic N) is 4. The van der Waals surface area contributed by atoms with Gasteiger partial charge in [0.25, 0.3) is 5.91 Å². The van der Waals surface area contributed by atoms with Gasteiger partial charge in [-0.25, -0.2) is 4.79 Å². The van der Waals surface area contributed by atoms with E-state index >= 15 is 0 Å². The van der Waals surface area contributed by atoms with Gasteiger partial charge in [-0.3, -0.25) is 9.59 Å². The van der Waals surface area contributed by atoms with Crippen molar-refractivity contribution in [3.63, 3.8) is 0 Å². The van der Waals surface area contributed by atoms with Crippen LogP contribution in [0.1, 0.15) is 48.5 Å². The monoisotopic (exact) mass is 414 g/mol. The van der Waals surface area contributed by atoms with Gasteiger partial charge >= 0.3 is 6.03 Å². The Bertz CT molecular complexity index is 748. The highest BCUT2D eigenvalue weighted by Gasteiger charge is 2.32. The molecule has 0 atom stereocenters. The maximum absolute atomic E-state index is 13.1. The number of benzene rings is 1. The van der Waals surface area contributed by atoms with Gasteiger partial charge in [0.15, 0.2) is 0 Å². The number of carbonyl (C=O) groups is 3. The lowest BCUT2D eigenvalue weighted by Crippen LogP contribution is -2.48. The Labute approximate surface area is 179 Å². The van der Waals surface area contributed by atoms with Crippen LogP contribution in [-0.4, -0.2) is 84.3 Å². The van der Waals surface area contributed by atoms with Gasteiger partial charge in [-0.05, 0) is 50.3 Å². The van der Waals surface area contributed by atoms with Crippen molar-refractivity contribution in [2.75, 3.05) is 46.8 Å². The van der Waals surface area contributed by atoms with Crippen LogP contribution in [0.5, 0.6) is 0 Å². The van der Waals surface area contributed by atoms with E-state index in [9.17, 15) is 14.4 Å². The highest BCUT2D eigenvalue weighted by Crippen LogP contribution is 2.23. The maximum atomic E-state index is 13.1. The van der Waals surface area contributed by atoms with Gasteiger partial charge in [-0.2, -0.15) is 0 Å². The predicted molar refractivity (Wildman–Crippen MR) is 116 cm³/mol. The summed E-state index contributed by atoms with van der Waals surface area (Å²) in [5.74, 6) is 0.113. The zero-order valence-electron chi connectivity index (χ0n) is 18.5. The lowest BCUT2D eigenvalue weighted by molar-refractivity contribution is -0.137. The van der Waals surface area contributed by atoms with Crippen LogP contribution in [-0.2, 0) is 11.3 Å². The molecule has 2 saturated heterocycles. The molecule has 164 valence electrons. The fourth-order valence-corrected chi connectivity index (χ4v) is 4.26. The molecule has 2 aliphatic rings. The van der Waals surface area contributed by atoms with Crippen molar-refractivity contribution in [1.29, 1.82) is 0 Å². The average Bonchev–Trinajstić information content (AvgIpc) is 3.31. The molecule has 3 rings (SSSR count). The van der Waals surface area contributed by atoms with Crippen molar-refractivity contribution in [2.24, 2.45) is 5.92 Å². The molecule has 2 aliphatic heterocycles. The first kappa shape index (κ1) is 22.1. The lowest BCUT2D eigenvalue weighted by Gasteiger charge is -2.35. The summed E-state index contributed by atoms with van der Waals surface area (Å²) >= 11 is 0. The average molecular weight is 415 g/mol. The predicted octanol–water partition coefficient (Wildman–Crippen LogP) is 2.66. The fourth-order valence-electron chi connectivity index (χ4n) is 4.26. The molecular formula is C23H34N4O3. The van der Waals surface area contributed by atoms with Gasteiger partial charge in [0, 0.05) is 64.8 Å². The molecule has 7 nitrogen and oxygen atoms in total. The summed E-state index contributed by atoms with van der Waals surface area (Å²) in [5, 5.41) is 0. The van der Waals surface area contributed by atoms with Gasteiger partial charge in [0.2, 0.25) is 5.91 Å². The van der Waals surface area contributed by atoms with E-state index in [0.717, 1.165) is 44.3 Å². The third kappa shape index (κ3) is 5.12. The number of likely N-dealkylation sites (tertiary alicyclic amines) is 2. The van der Waals surface area contributed by atoms with Crippen molar-refractivity contribution in [3.8, 4) is 0 Å².